The van der Waals surface area contributed by atoms with E-state index in [4.69, 9.17) is 5.73 Å². The second kappa shape index (κ2) is 4.59. The van der Waals surface area contributed by atoms with Crippen molar-refractivity contribution in [2.75, 3.05) is 11.5 Å². The lowest BCUT2D eigenvalue weighted by Gasteiger charge is -2.07. The van der Waals surface area contributed by atoms with Crippen molar-refractivity contribution in [3.63, 3.8) is 0 Å². The summed E-state index contributed by atoms with van der Waals surface area (Å²) in [4.78, 5) is 8.88. The van der Waals surface area contributed by atoms with Crippen LogP contribution in [0.25, 0.3) is 11.0 Å². The number of aryl methyl sites for hydroxylation is 1. The molecule has 0 spiro atoms. The number of halogens is 1. The molecule has 2 heterocycles. The number of hydrogen-bond acceptors (Lipinski definition) is 4. The summed E-state index contributed by atoms with van der Waals surface area (Å²) >= 11 is 5.18. The van der Waals surface area contributed by atoms with Gasteiger partial charge in [-0.3, -0.25) is 4.98 Å². The number of thioether (sulfide) groups is 1. The number of rotatable bonds is 2. The Morgan fingerprint density at radius 1 is 1.44 bits per heavy atom. The zero-order chi connectivity index (χ0) is 11.7. The summed E-state index contributed by atoms with van der Waals surface area (Å²) in [5.74, 6) is 1.01. The van der Waals surface area contributed by atoms with E-state index in [1.807, 2.05) is 6.92 Å². The van der Waals surface area contributed by atoms with Crippen LogP contribution in [0.5, 0.6) is 0 Å². The predicted molar refractivity (Wildman–Crippen MR) is 72.8 cm³/mol. The fraction of sp³-hybridized carbons (Fsp3) is 0.273. The molecule has 5 heteroatoms. The Morgan fingerprint density at radius 2 is 2.19 bits per heavy atom. The SMILES string of the molecule is CCSc1cc(C)c2ncc(N)c(Br)c2n1. The largest absolute Gasteiger partial charge is 0.396 e. The van der Waals surface area contributed by atoms with Crippen LogP contribution in [-0.2, 0) is 0 Å². The zero-order valence-corrected chi connectivity index (χ0v) is 11.5. The Labute approximate surface area is 107 Å². The summed E-state index contributed by atoms with van der Waals surface area (Å²) < 4.78 is 0.833. The highest BCUT2D eigenvalue weighted by Crippen LogP contribution is 2.30. The lowest BCUT2D eigenvalue weighted by molar-refractivity contribution is 1.15. The third-order valence-corrected chi connectivity index (χ3v) is 3.87. The molecule has 0 fully saturated rings. The van der Waals surface area contributed by atoms with Gasteiger partial charge in [-0.05, 0) is 40.2 Å². The van der Waals surface area contributed by atoms with Crippen molar-refractivity contribution in [3.8, 4) is 0 Å². The van der Waals surface area contributed by atoms with Gasteiger partial charge in [-0.15, -0.1) is 11.8 Å². The number of hydrogen-bond donors (Lipinski definition) is 1. The number of anilines is 1. The molecule has 2 aromatic rings. The van der Waals surface area contributed by atoms with Crippen molar-refractivity contribution in [3.05, 3.63) is 22.3 Å². The molecule has 0 bridgehead atoms. The van der Waals surface area contributed by atoms with E-state index in [-0.39, 0.29) is 0 Å². The Balaban J connectivity index is 2.73. The maximum Gasteiger partial charge on any atom is 0.107 e. The number of nitrogens with two attached hydrogens (primary N) is 1. The minimum absolute atomic E-state index is 0.623. The van der Waals surface area contributed by atoms with Crippen LogP contribution in [0.1, 0.15) is 12.5 Å². The first-order valence-corrected chi connectivity index (χ1v) is 6.75. The van der Waals surface area contributed by atoms with Gasteiger partial charge in [0.2, 0.25) is 0 Å². The number of fused-ring (bicyclic) bond motifs is 1. The lowest BCUT2D eigenvalue weighted by Crippen LogP contribution is -1.95. The van der Waals surface area contributed by atoms with Crippen LogP contribution >= 0.6 is 27.7 Å². The van der Waals surface area contributed by atoms with E-state index in [0.717, 1.165) is 31.8 Å². The highest BCUT2D eigenvalue weighted by atomic mass is 79.9. The van der Waals surface area contributed by atoms with Gasteiger partial charge in [-0.2, -0.15) is 0 Å². The van der Waals surface area contributed by atoms with Crippen LogP contribution in [0.3, 0.4) is 0 Å². The van der Waals surface area contributed by atoms with Crippen LogP contribution in [0.15, 0.2) is 21.8 Å². The van der Waals surface area contributed by atoms with Gasteiger partial charge in [0.25, 0.3) is 0 Å². The van der Waals surface area contributed by atoms with E-state index in [0.29, 0.717) is 5.69 Å². The van der Waals surface area contributed by atoms with Crippen molar-refractivity contribution in [1.82, 2.24) is 9.97 Å². The van der Waals surface area contributed by atoms with Gasteiger partial charge in [0.15, 0.2) is 0 Å². The molecule has 2 N–H and O–H groups in total. The molecule has 84 valence electrons. The van der Waals surface area contributed by atoms with Gasteiger partial charge in [0.05, 0.1) is 26.9 Å². The number of nitrogen functional groups attached to an aromatic ring is 1. The minimum Gasteiger partial charge on any atom is -0.396 e. The highest BCUT2D eigenvalue weighted by Gasteiger charge is 2.09. The first-order valence-electron chi connectivity index (χ1n) is 4.97. The maximum absolute atomic E-state index is 5.80. The van der Waals surface area contributed by atoms with Crippen molar-refractivity contribution >= 4 is 44.4 Å². The first-order chi connectivity index (χ1) is 7.63. The van der Waals surface area contributed by atoms with Gasteiger partial charge in [-0.1, -0.05) is 6.92 Å². The normalized spacial score (nSPS) is 10.9. The van der Waals surface area contributed by atoms with E-state index >= 15 is 0 Å². The molecule has 0 saturated carbocycles. The summed E-state index contributed by atoms with van der Waals surface area (Å²) in [5, 5.41) is 1.01. The molecule has 0 aliphatic carbocycles. The Kier molecular flexibility index (Phi) is 3.35. The zero-order valence-electron chi connectivity index (χ0n) is 9.12. The monoisotopic (exact) mass is 297 g/mol. The Morgan fingerprint density at radius 3 is 2.88 bits per heavy atom. The Bertz CT molecular complexity index is 542. The molecule has 2 aromatic heterocycles. The van der Waals surface area contributed by atoms with Gasteiger partial charge in [-0.25, -0.2) is 4.98 Å². The predicted octanol–water partition coefficient (Wildman–Crippen LogP) is 3.39. The van der Waals surface area contributed by atoms with E-state index in [2.05, 4.69) is 38.9 Å². The molecule has 0 radical (unpaired) electrons. The number of aromatic nitrogens is 2. The average molecular weight is 298 g/mol. The van der Waals surface area contributed by atoms with Crippen LogP contribution < -0.4 is 5.73 Å². The molecule has 0 aliphatic rings. The molecule has 0 saturated heterocycles. The van der Waals surface area contributed by atoms with E-state index in [1.54, 1.807) is 18.0 Å². The average Bonchev–Trinajstić information content (AvgIpc) is 2.25. The van der Waals surface area contributed by atoms with Crippen molar-refractivity contribution < 1.29 is 0 Å². The van der Waals surface area contributed by atoms with Gasteiger partial charge in [0, 0.05) is 0 Å². The summed E-state index contributed by atoms with van der Waals surface area (Å²) in [6.07, 6.45) is 1.66. The number of nitrogens with zero attached hydrogens (tertiary/aromatic N) is 2. The summed E-state index contributed by atoms with van der Waals surface area (Å²) in [6.45, 7) is 4.15. The highest BCUT2D eigenvalue weighted by molar-refractivity contribution is 9.10. The van der Waals surface area contributed by atoms with Gasteiger partial charge in [0.1, 0.15) is 5.52 Å². The molecule has 2 rings (SSSR count). The maximum atomic E-state index is 5.80. The second-order valence-corrected chi connectivity index (χ2v) is 5.51. The van der Waals surface area contributed by atoms with E-state index in [1.165, 1.54) is 0 Å². The molecule has 0 aliphatic heterocycles. The summed E-state index contributed by atoms with van der Waals surface area (Å²) in [6, 6.07) is 2.06. The summed E-state index contributed by atoms with van der Waals surface area (Å²) in [7, 11) is 0. The van der Waals surface area contributed by atoms with Crippen LogP contribution in [-0.4, -0.2) is 15.7 Å². The van der Waals surface area contributed by atoms with E-state index < -0.39 is 0 Å². The van der Waals surface area contributed by atoms with Crippen molar-refractivity contribution in [1.29, 1.82) is 0 Å². The van der Waals surface area contributed by atoms with Gasteiger partial charge >= 0.3 is 0 Å². The van der Waals surface area contributed by atoms with Gasteiger partial charge < -0.3 is 5.73 Å². The fourth-order valence-electron chi connectivity index (χ4n) is 1.50. The molecule has 3 nitrogen and oxygen atoms in total. The van der Waals surface area contributed by atoms with Crippen molar-refractivity contribution in [2.45, 2.75) is 18.9 Å². The smallest absolute Gasteiger partial charge is 0.107 e. The molecule has 0 unspecified atom stereocenters. The first kappa shape index (κ1) is 11.7. The molecule has 0 aromatic carbocycles. The molecular weight excluding hydrogens is 286 g/mol. The topological polar surface area (TPSA) is 51.8 Å². The second-order valence-electron chi connectivity index (χ2n) is 3.44. The molecule has 0 atom stereocenters. The fourth-order valence-corrected chi connectivity index (χ4v) is 2.59. The lowest BCUT2D eigenvalue weighted by atomic mass is 10.2. The quantitative estimate of drug-likeness (QED) is 0.863. The van der Waals surface area contributed by atoms with E-state index in [9.17, 15) is 0 Å². The van der Waals surface area contributed by atoms with Crippen LogP contribution in [0.2, 0.25) is 0 Å². The third kappa shape index (κ3) is 2.01. The third-order valence-electron chi connectivity index (χ3n) is 2.25. The number of pyridine rings is 2. The standard InChI is InChI=1S/C11H12BrN3S/c1-3-16-8-4-6(2)10-11(15-8)9(12)7(13)5-14-10/h4-5H,3,13H2,1-2H3. The summed E-state index contributed by atoms with van der Waals surface area (Å²) in [5.41, 5.74) is 9.30. The minimum atomic E-state index is 0.623. The Hall–Kier alpha value is -0.810. The van der Waals surface area contributed by atoms with Crippen LogP contribution in [0, 0.1) is 6.92 Å². The molecule has 0 amide bonds. The molecular formula is C11H12BrN3S. The molecule has 16 heavy (non-hydrogen) atoms. The van der Waals surface area contributed by atoms with Crippen molar-refractivity contribution in [2.24, 2.45) is 0 Å². The van der Waals surface area contributed by atoms with Crippen LogP contribution in [0.4, 0.5) is 5.69 Å².